The normalized spacial score (nSPS) is 46.0. The fourth-order valence-corrected chi connectivity index (χ4v) is 6.77. The summed E-state index contributed by atoms with van der Waals surface area (Å²) in [5.41, 5.74) is 7.56. The molecule has 0 spiro atoms. The van der Waals surface area contributed by atoms with Gasteiger partial charge in [-0.25, -0.2) is 0 Å². The van der Waals surface area contributed by atoms with Crippen molar-refractivity contribution in [1.29, 1.82) is 0 Å². The van der Waals surface area contributed by atoms with Crippen molar-refractivity contribution in [3.05, 3.63) is 23.3 Å². The van der Waals surface area contributed by atoms with Gasteiger partial charge in [0.1, 0.15) is 5.76 Å². The molecule has 4 aliphatic carbocycles. The van der Waals surface area contributed by atoms with Gasteiger partial charge in [-0.2, -0.15) is 0 Å². The topological polar surface area (TPSA) is 72.5 Å². The van der Waals surface area contributed by atoms with Gasteiger partial charge in [0.05, 0.1) is 11.5 Å². The number of esters is 1. The molecular formula is C21H31NO3. The van der Waals surface area contributed by atoms with E-state index in [1.54, 1.807) is 0 Å². The largest absolute Gasteiger partial charge is 0.513 e. The van der Waals surface area contributed by atoms with Crippen molar-refractivity contribution in [3.63, 3.8) is 0 Å². The molecule has 1 unspecified atom stereocenters. The Balaban J connectivity index is 1.63. The van der Waals surface area contributed by atoms with E-state index in [0.29, 0.717) is 29.4 Å². The van der Waals surface area contributed by atoms with E-state index in [1.165, 1.54) is 19.8 Å². The molecule has 6 atom stereocenters. The smallest absolute Gasteiger partial charge is 0.307 e. The molecule has 0 aromatic rings. The highest BCUT2D eigenvalue weighted by molar-refractivity contribution is 5.67. The average Bonchev–Trinajstić information content (AvgIpc) is 2.79. The van der Waals surface area contributed by atoms with E-state index in [4.69, 9.17) is 10.5 Å². The van der Waals surface area contributed by atoms with E-state index in [1.807, 2.05) is 0 Å². The molecule has 0 bridgehead atoms. The fraction of sp³-hybridized carbons (Fsp3) is 0.762. The Hall–Kier alpha value is -1.45. The molecule has 4 aliphatic rings. The Labute approximate surface area is 150 Å². The molecule has 3 N–H and O–H groups in total. The molecule has 0 saturated heterocycles. The number of hydrogen-bond donors (Lipinski definition) is 2. The molecule has 0 radical (unpaired) electrons. The highest BCUT2D eigenvalue weighted by Gasteiger charge is 2.59. The third-order valence-corrected chi connectivity index (χ3v) is 8.23. The van der Waals surface area contributed by atoms with Crippen LogP contribution in [0, 0.1) is 34.5 Å². The summed E-state index contributed by atoms with van der Waals surface area (Å²) in [5.74, 6) is 3.36. The van der Waals surface area contributed by atoms with Crippen LogP contribution in [0.3, 0.4) is 0 Å². The van der Waals surface area contributed by atoms with Gasteiger partial charge in [-0.1, -0.05) is 13.8 Å². The highest BCUT2D eigenvalue weighted by atomic mass is 16.5. The van der Waals surface area contributed by atoms with Crippen LogP contribution in [-0.4, -0.2) is 11.1 Å². The lowest BCUT2D eigenvalue weighted by Crippen LogP contribution is -2.52. The number of rotatable bonds is 1. The van der Waals surface area contributed by atoms with E-state index in [-0.39, 0.29) is 16.8 Å². The number of allylic oxidation sites excluding steroid dienone is 4. The minimum Gasteiger partial charge on any atom is -0.513 e. The summed E-state index contributed by atoms with van der Waals surface area (Å²) in [5, 5.41) is 9.99. The van der Waals surface area contributed by atoms with Crippen molar-refractivity contribution < 1.29 is 14.6 Å². The fourth-order valence-electron chi connectivity index (χ4n) is 6.77. The number of carbonyl (C=O) groups is 1. The van der Waals surface area contributed by atoms with Gasteiger partial charge in [0, 0.05) is 25.2 Å². The van der Waals surface area contributed by atoms with Crippen LogP contribution in [0.15, 0.2) is 23.3 Å². The average molecular weight is 345 g/mol. The van der Waals surface area contributed by atoms with Crippen LogP contribution < -0.4 is 5.73 Å². The summed E-state index contributed by atoms with van der Waals surface area (Å²) in [6.07, 6.45) is 9.46. The number of fused-ring (bicyclic) bond motifs is 5. The van der Waals surface area contributed by atoms with Crippen LogP contribution in [0.4, 0.5) is 0 Å². The lowest BCUT2D eigenvalue weighted by atomic mass is 9.46. The number of hydrogen-bond acceptors (Lipinski definition) is 4. The van der Waals surface area contributed by atoms with E-state index in [9.17, 15) is 9.90 Å². The lowest BCUT2D eigenvalue weighted by Gasteiger charge is -2.59. The maximum Gasteiger partial charge on any atom is 0.307 e. The number of carbonyl (C=O) groups excluding carboxylic acids is 1. The minimum atomic E-state index is -0.264. The lowest BCUT2D eigenvalue weighted by molar-refractivity contribution is -0.137. The SMILES string of the molecule is CC(=O)OC1=C(N)[C@@]2(C)CC[C@@H]3[C@@H](CCC4C=C(O)CC[C@@]43C)[C@@H]2C1. The summed E-state index contributed by atoms with van der Waals surface area (Å²) in [7, 11) is 0. The van der Waals surface area contributed by atoms with E-state index in [0.717, 1.165) is 43.6 Å². The van der Waals surface area contributed by atoms with Crippen LogP contribution in [0.1, 0.15) is 65.7 Å². The summed E-state index contributed by atoms with van der Waals surface area (Å²) < 4.78 is 5.48. The zero-order valence-electron chi connectivity index (χ0n) is 15.7. The maximum absolute atomic E-state index is 11.5. The number of aliphatic hydroxyl groups excluding tert-OH is 1. The second kappa shape index (κ2) is 5.52. The molecule has 4 heteroatoms. The number of ether oxygens (including phenoxy) is 1. The highest BCUT2D eigenvalue weighted by Crippen LogP contribution is 2.66. The first-order valence-corrected chi connectivity index (χ1v) is 9.83. The van der Waals surface area contributed by atoms with Crippen molar-refractivity contribution in [3.8, 4) is 0 Å². The Morgan fingerprint density at radius 3 is 2.72 bits per heavy atom. The maximum atomic E-state index is 11.5. The van der Waals surface area contributed by atoms with Crippen molar-refractivity contribution in [2.75, 3.05) is 0 Å². The van der Waals surface area contributed by atoms with Gasteiger partial charge < -0.3 is 15.6 Å². The van der Waals surface area contributed by atoms with Crippen LogP contribution >= 0.6 is 0 Å². The van der Waals surface area contributed by atoms with Gasteiger partial charge in [-0.3, -0.25) is 4.79 Å². The quantitative estimate of drug-likeness (QED) is 0.690. The summed E-state index contributed by atoms with van der Waals surface area (Å²) in [6.45, 7) is 6.18. The standard InChI is InChI=1S/C21H31NO3/c1-12(23)25-18-11-17-15-5-4-13-10-14(24)6-8-20(13,2)16(15)7-9-21(17,3)19(18)22/h10,13,15-17,24H,4-9,11,22H2,1-3H3/t13?,15-,16-,17+,20+,21+/m1/s1. The van der Waals surface area contributed by atoms with Gasteiger partial charge in [-0.15, -0.1) is 0 Å². The molecule has 0 aliphatic heterocycles. The number of aliphatic hydroxyl groups is 1. The summed E-state index contributed by atoms with van der Waals surface area (Å²) in [4.78, 5) is 11.5. The minimum absolute atomic E-state index is 0.0260. The van der Waals surface area contributed by atoms with E-state index < -0.39 is 0 Å². The predicted molar refractivity (Wildman–Crippen MR) is 96.2 cm³/mol. The van der Waals surface area contributed by atoms with Crippen molar-refractivity contribution >= 4 is 5.97 Å². The first kappa shape index (κ1) is 17.0. The molecule has 0 aromatic heterocycles. The van der Waals surface area contributed by atoms with Gasteiger partial charge in [0.25, 0.3) is 0 Å². The molecule has 2 saturated carbocycles. The molecule has 0 aromatic carbocycles. The van der Waals surface area contributed by atoms with Gasteiger partial charge in [-0.05, 0) is 67.3 Å². The summed E-state index contributed by atoms with van der Waals surface area (Å²) in [6, 6.07) is 0. The molecule has 4 nitrogen and oxygen atoms in total. The third kappa shape index (κ3) is 2.36. The monoisotopic (exact) mass is 345 g/mol. The molecule has 25 heavy (non-hydrogen) atoms. The van der Waals surface area contributed by atoms with E-state index in [2.05, 4.69) is 19.9 Å². The number of nitrogens with two attached hydrogens (primary N) is 1. The summed E-state index contributed by atoms with van der Waals surface area (Å²) >= 11 is 0. The van der Waals surface area contributed by atoms with Crippen LogP contribution in [0.2, 0.25) is 0 Å². The first-order chi connectivity index (χ1) is 11.8. The second-order valence-corrected chi connectivity index (χ2v) is 9.32. The van der Waals surface area contributed by atoms with Gasteiger partial charge in [0.2, 0.25) is 0 Å². The zero-order valence-corrected chi connectivity index (χ0v) is 15.7. The van der Waals surface area contributed by atoms with Crippen LogP contribution in [0.5, 0.6) is 0 Å². The predicted octanol–water partition coefficient (Wildman–Crippen LogP) is 4.42. The Morgan fingerprint density at radius 2 is 2.00 bits per heavy atom. The van der Waals surface area contributed by atoms with Crippen molar-refractivity contribution in [1.82, 2.24) is 0 Å². The van der Waals surface area contributed by atoms with Crippen molar-refractivity contribution in [2.24, 2.45) is 40.2 Å². The molecule has 0 amide bonds. The Bertz CT molecular complexity index is 666. The second-order valence-electron chi connectivity index (χ2n) is 9.32. The first-order valence-electron chi connectivity index (χ1n) is 9.83. The van der Waals surface area contributed by atoms with Gasteiger partial charge >= 0.3 is 5.97 Å². The zero-order chi connectivity index (χ0) is 18.0. The van der Waals surface area contributed by atoms with Crippen molar-refractivity contribution in [2.45, 2.75) is 65.7 Å². The Kier molecular flexibility index (Phi) is 3.75. The Morgan fingerprint density at radius 1 is 1.24 bits per heavy atom. The molecule has 2 fully saturated rings. The van der Waals surface area contributed by atoms with Crippen LogP contribution in [-0.2, 0) is 9.53 Å². The van der Waals surface area contributed by atoms with Gasteiger partial charge in [0.15, 0.2) is 0 Å². The third-order valence-electron chi connectivity index (χ3n) is 8.23. The molecule has 0 heterocycles. The molecular weight excluding hydrogens is 314 g/mol. The van der Waals surface area contributed by atoms with Crippen LogP contribution in [0.25, 0.3) is 0 Å². The molecule has 4 rings (SSSR count). The molecule has 138 valence electrons. The van der Waals surface area contributed by atoms with E-state index >= 15 is 0 Å².